The minimum atomic E-state index is -0.790. The lowest BCUT2D eigenvalue weighted by Gasteiger charge is -2.24. The van der Waals surface area contributed by atoms with E-state index in [0.29, 0.717) is 5.92 Å². The van der Waals surface area contributed by atoms with Crippen molar-refractivity contribution >= 4 is 0 Å². The first kappa shape index (κ1) is 12.1. The second-order valence-electron chi connectivity index (χ2n) is 5.35. The number of aliphatic hydroxyl groups is 1. The van der Waals surface area contributed by atoms with Crippen molar-refractivity contribution in [3.05, 3.63) is 58.7 Å². The Morgan fingerprint density at radius 2 is 1.76 bits per heavy atom. The summed E-state index contributed by atoms with van der Waals surface area (Å²) in [7, 11) is 0. The fourth-order valence-corrected chi connectivity index (χ4v) is 2.42. The van der Waals surface area contributed by atoms with Gasteiger partial charge in [0, 0.05) is 5.92 Å². The van der Waals surface area contributed by atoms with Gasteiger partial charge >= 0.3 is 0 Å². The van der Waals surface area contributed by atoms with E-state index in [1.807, 2.05) is 32.0 Å². The molecule has 1 unspecified atom stereocenters. The molecule has 1 aliphatic rings. The van der Waals surface area contributed by atoms with Gasteiger partial charge in [0.2, 0.25) is 0 Å². The molecule has 0 aromatic heterocycles. The van der Waals surface area contributed by atoms with Gasteiger partial charge in [-0.15, -0.1) is 0 Å². The zero-order valence-electron chi connectivity index (χ0n) is 11.0. The number of hydrogen-bond acceptors (Lipinski definition) is 1. The minimum Gasteiger partial charge on any atom is -0.386 e. The zero-order valence-corrected chi connectivity index (χ0v) is 11.0. The summed E-state index contributed by atoms with van der Waals surface area (Å²) in [6, 6.07) is 8.16. The van der Waals surface area contributed by atoms with Crippen molar-refractivity contribution in [2.45, 2.75) is 39.2 Å². The van der Waals surface area contributed by atoms with E-state index in [-0.39, 0.29) is 0 Å². The summed E-state index contributed by atoms with van der Waals surface area (Å²) in [5.74, 6) is 0.317. The lowest BCUT2D eigenvalue weighted by atomic mass is 9.84. The molecular formula is C16H20O. The molecule has 0 saturated carbocycles. The SMILES string of the molecule is CC1=C(C)C(c2ccccc2C(C)(C)O)C=C1. The van der Waals surface area contributed by atoms with Crippen molar-refractivity contribution < 1.29 is 5.11 Å². The van der Waals surface area contributed by atoms with Gasteiger partial charge in [0.1, 0.15) is 0 Å². The zero-order chi connectivity index (χ0) is 12.6. The maximum atomic E-state index is 10.2. The molecule has 0 bridgehead atoms. The van der Waals surface area contributed by atoms with Crippen LogP contribution in [0.25, 0.3) is 0 Å². The van der Waals surface area contributed by atoms with E-state index in [9.17, 15) is 5.11 Å². The normalized spacial score (nSPS) is 20.2. The number of benzene rings is 1. The third-order valence-corrected chi connectivity index (χ3v) is 3.58. The lowest BCUT2D eigenvalue weighted by molar-refractivity contribution is 0.0775. The number of hydrogen-bond donors (Lipinski definition) is 1. The summed E-state index contributed by atoms with van der Waals surface area (Å²) in [5.41, 5.74) is 4.15. The Labute approximate surface area is 103 Å². The van der Waals surface area contributed by atoms with Crippen LogP contribution >= 0.6 is 0 Å². The van der Waals surface area contributed by atoms with Crippen molar-refractivity contribution in [1.82, 2.24) is 0 Å². The summed E-state index contributed by atoms with van der Waals surface area (Å²) < 4.78 is 0. The van der Waals surface area contributed by atoms with Gasteiger partial charge < -0.3 is 5.11 Å². The van der Waals surface area contributed by atoms with Crippen LogP contribution in [0, 0.1) is 0 Å². The van der Waals surface area contributed by atoms with E-state index in [1.165, 1.54) is 16.7 Å². The van der Waals surface area contributed by atoms with Crippen LogP contribution < -0.4 is 0 Å². The molecular weight excluding hydrogens is 208 g/mol. The first-order valence-electron chi connectivity index (χ1n) is 6.08. The standard InChI is InChI=1S/C16H20O/c1-11-9-10-13(12(11)2)14-7-5-6-8-15(14)16(3,4)17/h5-10,13,17H,1-4H3. The number of rotatable bonds is 2. The van der Waals surface area contributed by atoms with Crippen LogP contribution in [0.2, 0.25) is 0 Å². The molecule has 0 radical (unpaired) electrons. The van der Waals surface area contributed by atoms with E-state index in [4.69, 9.17) is 0 Å². The highest BCUT2D eigenvalue weighted by atomic mass is 16.3. The Balaban J connectivity index is 2.51. The van der Waals surface area contributed by atoms with Crippen LogP contribution in [0.1, 0.15) is 44.7 Å². The van der Waals surface area contributed by atoms with E-state index < -0.39 is 5.60 Å². The van der Waals surface area contributed by atoms with Gasteiger partial charge in [0.15, 0.2) is 0 Å². The van der Waals surface area contributed by atoms with Crippen molar-refractivity contribution in [2.24, 2.45) is 0 Å². The Morgan fingerprint density at radius 1 is 1.12 bits per heavy atom. The fraction of sp³-hybridized carbons (Fsp3) is 0.375. The predicted molar refractivity (Wildman–Crippen MR) is 71.9 cm³/mol. The molecule has 90 valence electrons. The average Bonchev–Trinajstić information content (AvgIpc) is 2.59. The molecule has 1 heteroatoms. The summed E-state index contributed by atoms with van der Waals surface area (Å²) >= 11 is 0. The van der Waals surface area contributed by atoms with Crippen LogP contribution in [-0.2, 0) is 5.60 Å². The molecule has 17 heavy (non-hydrogen) atoms. The second kappa shape index (κ2) is 4.15. The summed E-state index contributed by atoms with van der Waals surface area (Å²) in [6.07, 6.45) is 4.39. The highest BCUT2D eigenvalue weighted by Gasteiger charge is 2.25. The average molecular weight is 228 g/mol. The third kappa shape index (κ3) is 2.20. The first-order valence-corrected chi connectivity index (χ1v) is 6.08. The van der Waals surface area contributed by atoms with E-state index in [2.05, 4.69) is 32.1 Å². The Bertz CT molecular complexity index is 486. The maximum Gasteiger partial charge on any atom is 0.0843 e. The monoisotopic (exact) mass is 228 g/mol. The van der Waals surface area contributed by atoms with Crippen molar-refractivity contribution in [1.29, 1.82) is 0 Å². The van der Waals surface area contributed by atoms with E-state index in [0.717, 1.165) is 5.56 Å². The molecule has 1 atom stereocenters. The van der Waals surface area contributed by atoms with Crippen LogP contribution in [-0.4, -0.2) is 5.11 Å². The molecule has 0 spiro atoms. The predicted octanol–water partition coefficient (Wildman–Crippen LogP) is 3.90. The number of allylic oxidation sites excluding steroid dienone is 4. The molecule has 1 aliphatic carbocycles. The molecule has 2 rings (SSSR count). The third-order valence-electron chi connectivity index (χ3n) is 3.58. The highest BCUT2D eigenvalue weighted by Crippen LogP contribution is 2.38. The lowest BCUT2D eigenvalue weighted by Crippen LogP contribution is -2.19. The fourth-order valence-electron chi connectivity index (χ4n) is 2.42. The van der Waals surface area contributed by atoms with Crippen LogP contribution in [0.3, 0.4) is 0 Å². The maximum absolute atomic E-state index is 10.2. The molecule has 0 fully saturated rings. The van der Waals surface area contributed by atoms with Gasteiger partial charge in [-0.05, 0) is 38.8 Å². The Kier molecular flexibility index (Phi) is 2.96. The van der Waals surface area contributed by atoms with Crippen LogP contribution in [0.5, 0.6) is 0 Å². The van der Waals surface area contributed by atoms with Crippen LogP contribution in [0.4, 0.5) is 0 Å². The quantitative estimate of drug-likeness (QED) is 0.813. The van der Waals surface area contributed by atoms with Gasteiger partial charge in [-0.2, -0.15) is 0 Å². The van der Waals surface area contributed by atoms with Crippen molar-refractivity contribution in [2.75, 3.05) is 0 Å². The molecule has 0 amide bonds. The van der Waals surface area contributed by atoms with Gasteiger partial charge in [0.25, 0.3) is 0 Å². The van der Waals surface area contributed by atoms with E-state index >= 15 is 0 Å². The van der Waals surface area contributed by atoms with Crippen molar-refractivity contribution in [3.63, 3.8) is 0 Å². The van der Waals surface area contributed by atoms with Crippen molar-refractivity contribution in [3.8, 4) is 0 Å². The van der Waals surface area contributed by atoms with Gasteiger partial charge in [0.05, 0.1) is 5.60 Å². The minimum absolute atomic E-state index is 0.317. The summed E-state index contributed by atoms with van der Waals surface area (Å²) in [5, 5.41) is 10.2. The Hall–Kier alpha value is -1.34. The topological polar surface area (TPSA) is 20.2 Å². The molecule has 0 saturated heterocycles. The molecule has 1 aromatic carbocycles. The van der Waals surface area contributed by atoms with Gasteiger partial charge in [-0.1, -0.05) is 47.6 Å². The van der Waals surface area contributed by atoms with Gasteiger partial charge in [-0.3, -0.25) is 0 Å². The largest absolute Gasteiger partial charge is 0.386 e. The molecule has 1 nitrogen and oxygen atoms in total. The second-order valence-corrected chi connectivity index (χ2v) is 5.35. The Morgan fingerprint density at radius 3 is 2.29 bits per heavy atom. The van der Waals surface area contributed by atoms with Gasteiger partial charge in [-0.25, -0.2) is 0 Å². The molecule has 0 aliphatic heterocycles. The summed E-state index contributed by atoms with van der Waals surface area (Å²) in [6.45, 7) is 7.99. The first-order chi connectivity index (χ1) is 7.91. The smallest absolute Gasteiger partial charge is 0.0843 e. The van der Waals surface area contributed by atoms with Crippen LogP contribution in [0.15, 0.2) is 47.6 Å². The summed E-state index contributed by atoms with van der Waals surface area (Å²) in [4.78, 5) is 0. The molecule has 0 heterocycles. The van der Waals surface area contributed by atoms with E-state index in [1.54, 1.807) is 0 Å². The molecule has 1 aromatic rings. The highest BCUT2D eigenvalue weighted by molar-refractivity contribution is 5.48. The molecule has 1 N–H and O–H groups in total.